The molecule has 0 aliphatic rings. The second-order valence-electron chi connectivity index (χ2n) is 5.75. The number of tetrazole rings is 1. The first-order valence-corrected chi connectivity index (χ1v) is 9.11. The summed E-state index contributed by atoms with van der Waals surface area (Å²) in [6.07, 6.45) is 0. The number of para-hydroxylation sites is 1. The van der Waals surface area contributed by atoms with Crippen molar-refractivity contribution in [3.63, 3.8) is 0 Å². The SMILES string of the molecule is Cc1ccc(NC(=O)C(C)SCc2nnnn2-c2ccccc2)cc1F. The van der Waals surface area contributed by atoms with Crippen LogP contribution in [0.3, 0.4) is 0 Å². The van der Waals surface area contributed by atoms with Crippen molar-refractivity contribution in [3.05, 3.63) is 65.7 Å². The highest BCUT2D eigenvalue weighted by molar-refractivity contribution is 7.99. The van der Waals surface area contributed by atoms with E-state index in [-0.39, 0.29) is 17.0 Å². The lowest BCUT2D eigenvalue weighted by atomic mass is 10.2. The third kappa shape index (κ3) is 4.26. The first kappa shape index (κ1) is 18.1. The lowest BCUT2D eigenvalue weighted by Gasteiger charge is -2.12. The van der Waals surface area contributed by atoms with Gasteiger partial charge in [0.2, 0.25) is 5.91 Å². The molecule has 2 aromatic carbocycles. The average molecular weight is 371 g/mol. The van der Waals surface area contributed by atoms with Crippen molar-refractivity contribution in [1.82, 2.24) is 20.2 Å². The fraction of sp³-hybridized carbons (Fsp3) is 0.222. The van der Waals surface area contributed by atoms with E-state index in [1.807, 2.05) is 30.3 Å². The number of hydrogen-bond donors (Lipinski definition) is 1. The molecule has 0 bridgehead atoms. The van der Waals surface area contributed by atoms with Gasteiger partial charge in [-0.3, -0.25) is 4.79 Å². The molecule has 3 rings (SSSR count). The Balaban J connectivity index is 1.60. The smallest absolute Gasteiger partial charge is 0.237 e. The van der Waals surface area contributed by atoms with Crippen LogP contribution in [0, 0.1) is 12.7 Å². The summed E-state index contributed by atoms with van der Waals surface area (Å²) in [7, 11) is 0. The Hall–Kier alpha value is -2.74. The number of thioether (sulfide) groups is 1. The zero-order valence-corrected chi connectivity index (χ0v) is 15.2. The summed E-state index contributed by atoms with van der Waals surface area (Å²) >= 11 is 1.41. The van der Waals surface area contributed by atoms with Crippen molar-refractivity contribution in [2.24, 2.45) is 0 Å². The van der Waals surface area contributed by atoms with E-state index in [1.54, 1.807) is 30.7 Å². The molecule has 26 heavy (non-hydrogen) atoms. The highest BCUT2D eigenvalue weighted by Gasteiger charge is 2.17. The fourth-order valence-electron chi connectivity index (χ4n) is 2.26. The monoisotopic (exact) mass is 371 g/mol. The Kier molecular flexibility index (Phi) is 5.62. The summed E-state index contributed by atoms with van der Waals surface area (Å²) in [5.74, 6) is 0.586. The normalized spacial score (nSPS) is 12.0. The lowest BCUT2D eigenvalue weighted by Crippen LogP contribution is -2.23. The Morgan fingerprint density at radius 2 is 2.04 bits per heavy atom. The summed E-state index contributed by atoms with van der Waals surface area (Å²) < 4.78 is 15.2. The number of carbonyl (C=O) groups excluding carboxylic acids is 1. The second-order valence-corrected chi connectivity index (χ2v) is 7.08. The molecule has 1 aromatic heterocycles. The predicted octanol–water partition coefficient (Wildman–Crippen LogP) is 3.37. The van der Waals surface area contributed by atoms with Gasteiger partial charge in [0.15, 0.2) is 5.82 Å². The number of hydrogen-bond acceptors (Lipinski definition) is 5. The van der Waals surface area contributed by atoms with E-state index < -0.39 is 0 Å². The molecule has 1 atom stereocenters. The first-order valence-electron chi connectivity index (χ1n) is 8.06. The minimum Gasteiger partial charge on any atom is -0.325 e. The maximum Gasteiger partial charge on any atom is 0.237 e. The summed E-state index contributed by atoms with van der Waals surface area (Å²) in [6, 6.07) is 14.2. The molecule has 1 N–H and O–H groups in total. The molecule has 8 heteroatoms. The summed E-state index contributed by atoms with van der Waals surface area (Å²) in [5.41, 5.74) is 1.85. The molecule has 0 fully saturated rings. The van der Waals surface area contributed by atoms with Gasteiger partial charge in [-0.15, -0.1) is 16.9 Å². The highest BCUT2D eigenvalue weighted by atomic mass is 32.2. The van der Waals surface area contributed by atoms with E-state index in [9.17, 15) is 9.18 Å². The molecule has 0 saturated heterocycles. The number of carbonyl (C=O) groups is 1. The van der Waals surface area contributed by atoms with Gasteiger partial charge in [-0.25, -0.2) is 4.39 Å². The Morgan fingerprint density at radius 1 is 1.27 bits per heavy atom. The van der Waals surface area contributed by atoms with Crippen molar-refractivity contribution in [3.8, 4) is 5.69 Å². The van der Waals surface area contributed by atoms with Crippen molar-refractivity contribution in [2.45, 2.75) is 24.9 Å². The van der Waals surface area contributed by atoms with E-state index in [4.69, 9.17) is 0 Å². The molecule has 0 saturated carbocycles. The summed E-state index contributed by atoms with van der Waals surface area (Å²) in [6.45, 7) is 3.47. The van der Waals surface area contributed by atoms with Crippen molar-refractivity contribution < 1.29 is 9.18 Å². The number of anilines is 1. The molecule has 0 aliphatic heterocycles. The summed E-state index contributed by atoms with van der Waals surface area (Å²) in [5, 5.41) is 14.1. The van der Waals surface area contributed by atoms with Crippen LogP contribution in [0.5, 0.6) is 0 Å². The number of aryl methyl sites for hydroxylation is 1. The minimum atomic E-state index is -0.347. The number of benzene rings is 2. The zero-order valence-electron chi connectivity index (χ0n) is 14.4. The topological polar surface area (TPSA) is 72.7 Å². The van der Waals surface area contributed by atoms with E-state index in [2.05, 4.69) is 20.8 Å². The van der Waals surface area contributed by atoms with Crippen molar-refractivity contribution >= 4 is 23.4 Å². The molecule has 1 unspecified atom stereocenters. The van der Waals surface area contributed by atoms with Gasteiger partial charge in [-0.05, 0) is 54.1 Å². The van der Waals surface area contributed by atoms with E-state index >= 15 is 0 Å². The van der Waals surface area contributed by atoms with Crippen LogP contribution in [0.4, 0.5) is 10.1 Å². The second kappa shape index (κ2) is 8.09. The molecule has 1 amide bonds. The van der Waals surface area contributed by atoms with Gasteiger partial charge in [0.25, 0.3) is 0 Å². The third-order valence-electron chi connectivity index (χ3n) is 3.81. The van der Waals surface area contributed by atoms with Crippen molar-refractivity contribution in [2.75, 3.05) is 5.32 Å². The van der Waals surface area contributed by atoms with E-state index in [0.29, 0.717) is 22.8 Å². The van der Waals surface area contributed by atoms with Crippen LogP contribution in [0.2, 0.25) is 0 Å². The van der Waals surface area contributed by atoms with Gasteiger partial charge in [0.05, 0.1) is 16.7 Å². The molecule has 3 aromatic rings. The number of rotatable bonds is 6. The predicted molar refractivity (Wildman–Crippen MR) is 99.7 cm³/mol. The minimum absolute atomic E-state index is 0.197. The number of nitrogens with zero attached hydrogens (tertiary/aromatic N) is 4. The quantitative estimate of drug-likeness (QED) is 0.719. The van der Waals surface area contributed by atoms with Crippen LogP contribution in [0.15, 0.2) is 48.5 Å². The van der Waals surface area contributed by atoms with Crippen LogP contribution in [0.25, 0.3) is 5.69 Å². The largest absolute Gasteiger partial charge is 0.325 e. The zero-order chi connectivity index (χ0) is 18.5. The molecule has 0 spiro atoms. The standard InChI is InChI=1S/C18H18FN5OS/c1-12-8-9-14(10-16(12)19)20-18(25)13(2)26-11-17-21-22-23-24(17)15-6-4-3-5-7-15/h3-10,13H,11H2,1-2H3,(H,20,25). The molecule has 0 aliphatic carbocycles. The van der Waals surface area contributed by atoms with Crippen LogP contribution in [0.1, 0.15) is 18.3 Å². The molecule has 134 valence electrons. The molecule has 1 heterocycles. The Labute approximate surface area is 154 Å². The summed E-state index contributed by atoms with van der Waals surface area (Å²) in [4.78, 5) is 12.3. The third-order valence-corrected chi connectivity index (χ3v) is 4.94. The molecule has 6 nitrogen and oxygen atoms in total. The highest BCUT2D eigenvalue weighted by Crippen LogP contribution is 2.20. The van der Waals surface area contributed by atoms with Gasteiger partial charge in [-0.1, -0.05) is 24.3 Å². The maximum atomic E-state index is 13.6. The number of aromatic nitrogens is 4. The number of nitrogens with one attached hydrogen (secondary N) is 1. The van der Waals surface area contributed by atoms with Gasteiger partial charge < -0.3 is 5.32 Å². The molecule has 0 radical (unpaired) electrons. The van der Waals surface area contributed by atoms with Gasteiger partial charge in [0.1, 0.15) is 5.82 Å². The van der Waals surface area contributed by atoms with E-state index in [1.165, 1.54) is 17.8 Å². The molecular formula is C18H18FN5OS. The van der Waals surface area contributed by atoms with Crippen LogP contribution in [-0.2, 0) is 10.5 Å². The number of amides is 1. The average Bonchev–Trinajstić information content (AvgIpc) is 3.12. The Bertz CT molecular complexity index is 900. The first-order chi connectivity index (χ1) is 12.5. The van der Waals surface area contributed by atoms with Gasteiger partial charge >= 0.3 is 0 Å². The van der Waals surface area contributed by atoms with Crippen LogP contribution < -0.4 is 5.32 Å². The lowest BCUT2D eigenvalue weighted by molar-refractivity contribution is -0.115. The fourth-order valence-corrected chi connectivity index (χ4v) is 3.04. The van der Waals surface area contributed by atoms with Crippen LogP contribution in [-0.4, -0.2) is 31.4 Å². The van der Waals surface area contributed by atoms with E-state index in [0.717, 1.165) is 5.69 Å². The maximum absolute atomic E-state index is 13.6. The van der Waals surface area contributed by atoms with Crippen molar-refractivity contribution in [1.29, 1.82) is 0 Å². The van der Waals surface area contributed by atoms with Crippen LogP contribution >= 0.6 is 11.8 Å². The molecular weight excluding hydrogens is 353 g/mol. The van der Waals surface area contributed by atoms with Gasteiger partial charge in [-0.2, -0.15) is 4.68 Å². The number of halogens is 1. The Morgan fingerprint density at radius 3 is 2.77 bits per heavy atom. The van der Waals surface area contributed by atoms with Gasteiger partial charge in [0, 0.05) is 5.69 Å².